The third-order valence-corrected chi connectivity index (χ3v) is 8.49. The van der Waals surface area contributed by atoms with E-state index in [-0.39, 0.29) is 34.5 Å². The highest BCUT2D eigenvalue weighted by Gasteiger charge is 2.36. The molecule has 38 heavy (non-hydrogen) atoms. The van der Waals surface area contributed by atoms with Crippen molar-refractivity contribution >= 4 is 54.6 Å². The molecule has 0 fully saturated rings. The Morgan fingerprint density at radius 3 is 1.42 bits per heavy atom. The summed E-state index contributed by atoms with van der Waals surface area (Å²) in [6, 6.07) is 2.79. The Hall–Kier alpha value is -3.88. The molecule has 8 rings (SSSR count). The van der Waals surface area contributed by atoms with Gasteiger partial charge >= 0.3 is 0 Å². The van der Waals surface area contributed by atoms with Crippen molar-refractivity contribution in [1.29, 1.82) is 0 Å². The SMILES string of the molecule is C[C@@H]1Cc2c(c(O)c3c(=O)cc4oc5c6c(c(O)c7c(=O)cc8oc2c3c4c8c57)[C@@H](C)O[C@H](C)C6)[C@@H](C)O1. The largest absolute Gasteiger partial charge is 0.507 e. The van der Waals surface area contributed by atoms with Crippen molar-refractivity contribution in [2.45, 2.75) is 65.0 Å². The fraction of sp³-hybridized carbons (Fsp3) is 0.333. The smallest absolute Gasteiger partial charge is 0.194 e. The molecule has 2 aliphatic heterocycles. The van der Waals surface area contributed by atoms with Crippen molar-refractivity contribution in [2.75, 3.05) is 0 Å². The van der Waals surface area contributed by atoms with Crippen LogP contribution in [-0.2, 0) is 22.3 Å². The molecule has 4 aromatic carbocycles. The molecule has 2 aromatic heterocycles. The van der Waals surface area contributed by atoms with Crippen LogP contribution in [0.3, 0.4) is 0 Å². The first-order chi connectivity index (χ1) is 18.2. The number of ether oxygens (including phenoxy) is 2. The van der Waals surface area contributed by atoms with Gasteiger partial charge in [-0.2, -0.15) is 0 Å². The molecule has 6 aromatic rings. The first kappa shape index (κ1) is 22.1. The molecule has 0 unspecified atom stereocenters. The Bertz CT molecular complexity index is 1960. The van der Waals surface area contributed by atoms with Crippen LogP contribution in [0.15, 0.2) is 30.6 Å². The molecule has 8 nitrogen and oxygen atoms in total. The first-order valence-corrected chi connectivity index (χ1v) is 12.9. The molecule has 2 aliphatic rings. The Kier molecular flexibility index (Phi) is 4.05. The fourth-order valence-electron chi connectivity index (χ4n) is 7.18. The highest BCUT2D eigenvalue weighted by Crippen LogP contribution is 2.52. The quantitative estimate of drug-likeness (QED) is 0.197. The van der Waals surface area contributed by atoms with E-state index in [0.717, 1.165) is 11.1 Å². The minimum atomic E-state index is -0.445. The molecular formula is C30H24O8. The lowest BCUT2D eigenvalue weighted by Crippen LogP contribution is -2.24. The van der Waals surface area contributed by atoms with Crippen molar-refractivity contribution in [3.63, 3.8) is 0 Å². The molecule has 0 radical (unpaired) electrons. The van der Waals surface area contributed by atoms with Crippen LogP contribution in [0.1, 0.15) is 62.2 Å². The minimum Gasteiger partial charge on any atom is -0.507 e. The van der Waals surface area contributed by atoms with Crippen molar-refractivity contribution in [1.82, 2.24) is 0 Å². The Balaban J connectivity index is 1.69. The number of phenolic OH excluding ortho intramolecular Hbond substituents is 2. The maximum atomic E-state index is 13.5. The number of benzene rings is 4. The van der Waals surface area contributed by atoms with E-state index in [0.29, 0.717) is 67.8 Å². The van der Waals surface area contributed by atoms with Crippen LogP contribution >= 0.6 is 0 Å². The maximum absolute atomic E-state index is 13.5. The summed E-state index contributed by atoms with van der Waals surface area (Å²) in [5, 5.41) is 25.2. The van der Waals surface area contributed by atoms with Crippen LogP contribution in [-0.4, -0.2) is 22.4 Å². The summed E-state index contributed by atoms with van der Waals surface area (Å²) in [4.78, 5) is 27.0. The zero-order valence-corrected chi connectivity index (χ0v) is 21.2. The van der Waals surface area contributed by atoms with Crippen molar-refractivity contribution < 1.29 is 28.5 Å². The van der Waals surface area contributed by atoms with E-state index in [1.807, 2.05) is 27.7 Å². The highest BCUT2D eigenvalue weighted by atomic mass is 16.5. The molecule has 0 saturated carbocycles. The summed E-state index contributed by atoms with van der Waals surface area (Å²) >= 11 is 0. The Labute approximate surface area is 214 Å². The topological polar surface area (TPSA) is 119 Å². The molecular weight excluding hydrogens is 488 g/mol. The first-order valence-electron chi connectivity index (χ1n) is 12.9. The van der Waals surface area contributed by atoms with Gasteiger partial charge in [0.2, 0.25) is 0 Å². The molecule has 0 spiro atoms. The zero-order chi connectivity index (χ0) is 26.4. The lowest BCUT2D eigenvalue weighted by atomic mass is 9.85. The van der Waals surface area contributed by atoms with Gasteiger partial charge in [0.15, 0.2) is 10.9 Å². The summed E-state index contributed by atoms with van der Waals surface area (Å²) in [6.07, 6.45) is -0.213. The summed E-state index contributed by atoms with van der Waals surface area (Å²) in [7, 11) is 0. The zero-order valence-electron chi connectivity index (χ0n) is 21.2. The average molecular weight is 513 g/mol. The molecule has 0 bridgehead atoms. The van der Waals surface area contributed by atoms with Gasteiger partial charge in [0.1, 0.15) is 33.8 Å². The number of hydrogen-bond acceptors (Lipinski definition) is 8. The van der Waals surface area contributed by atoms with E-state index >= 15 is 0 Å². The van der Waals surface area contributed by atoms with Gasteiger partial charge < -0.3 is 28.5 Å². The van der Waals surface area contributed by atoms with Crippen LogP contribution < -0.4 is 10.9 Å². The van der Waals surface area contributed by atoms with Crippen LogP contribution in [0.2, 0.25) is 0 Å². The lowest BCUT2D eigenvalue weighted by molar-refractivity contribution is -0.00597. The van der Waals surface area contributed by atoms with E-state index < -0.39 is 23.1 Å². The molecule has 2 N–H and O–H groups in total. The molecule has 0 amide bonds. The van der Waals surface area contributed by atoms with Gasteiger partial charge in [-0.25, -0.2) is 0 Å². The van der Waals surface area contributed by atoms with Gasteiger partial charge in [0.05, 0.1) is 35.2 Å². The van der Waals surface area contributed by atoms with E-state index in [4.69, 9.17) is 18.3 Å². The number of hydrogen-bond donors (Lipinski definition) is 2. The van der Waals surface area contributed by atoms with Crippen molar-refractivity contribution in [3.8, 4) is 11.5 Å². The van der Waals surface area contributed by atoms with Gasteiger partial charge in [-0.15, -0.1) is 0 Å². The summed E-state index contributed by atoms with van der Waals surface area (Å²) in [5.41, 5.74) is 3.35. The summed E-state index contributed by atoms with van der Waals surface area (Å²) in [6.45, 7) is 7.56. The molecule has 0 saturated heterocycles. The number of fused-ring (bicyclic) bond motifs is 4. The van der Waals surface area contributed by atoms with Crippen LogP contribution in [0.25, 0.3) is 54.6 Å². The third kappa shape index (κ3) is 2.47. The predicted octanol–water partition coefficient (Wildman–Crippen LogP) is 5.69. The van der Waals surface area contributed by atoms with Gasteiger partial charge in [-0.3, -0.25) is 9.59 Å². The van der Waals surface area contributed by atoms with E-state index in [1.54, 1.807) is 0 Å². The van der Waals surface area contributed by atoms with Crippen molar-refractivity contribution in [3.05, 3.63) is 54.8 Å². The number of rotatable bonds is 0. The third-order valence-electron chi connectivity index (χ3n) is 8.49. The average Bonchev–Trinajstić information content (AvgIpc) is 2.83. The number of phenols is 2. The monoisotopic (exact) mass is 512 g/mol. The predicted molar refractivity (Wildman–Crippen MR) is 142 cm³/mol. The highest BCUT2D eigenvalue weighted by molar-refractivity contribution is 6.33. The van der Waals surface area contributed by atoms with Crippen molar-refractivity contribution in [2.24, 2.45) is 0 Å². The Morgan fingerprint density at radius 2 is 1.03 bits per heavy atom. The molecule has 0 aliphatic carbocycles. The van der Waals surface area contributed by atoms with E-state index in [9.17, 15) is 19.8 Å². The van der Waals surface area contributed by atoms with E-state index in [2.05, 4.69) is 0 Å². The standard InChI is InChI=1S/C30H24O8/c1-9-5-13-19(11(3)35-9)27(33)21-15(31)8-18-23-24-17(37-29(13)25(21)23)7-16(32)22-26(24)30(38-18)14-6-10(2)36-12(4)20(14)28(22)34/h7-12,33-34H,5-6H2,1-4H3/t9-,10-,11-,12-/m1/s1. The van der Waals surface area contributed by atoms with Gasteiger partial charge in [0.25, 0.3) is 0 Å². The van der Waals surface area contributed by atoms with E-state index in [1.165, 1.54) is 12.1 Å². The molecule has 4 atom stereocenters. The summed E-state index contributed by atoms with van der Waals surface area (Å²) in [5.74, 6) is -0.234. The maximum Gasteiger partial charge on any atom is 0.194 e. The lowest BCUT2D eigenvalue weighted by Gasteiger charge is -2.31. The molecule has 8 heteroatoms. The van der Waals surface area contributed by atoms with Crippen LogP contribution in [0.5, 0.6) is 11.5 Å². The van der Waals surface area contributed by atoms with Crippen LogP contribution in [0, 0.1) is 0 Å². The fourth-order valence-corrected chi connectivity index (χ4v) is 7.18. The normalized spacial score (nSPS) is 23.8. The van der Waals surface area contributed by atoms with Gasteiger partial charge in [0, 0.05) is 68.8 Å². The second kappa shape index (κ2) is 6.95. The molecule has 4 heterocycles. The molecule has 192 valence electrons. The minimum absolute atomic E-state index is 0.117. The van der Waals surface area contributed by atoms with Gasteiger partial charge in [-0.05, 0) is 27.7 Å². The Morgan fingerprint density at radius 1 is 0.632 bits per heavy atom. The summed E-state index contributed by atoms with van der Waals surface area (Å²) < 4.78 is 24.9. The van der Waals surface area contributed by atoms with Gasteiger partial charge in [-0.1, -0.05) is 0 Å². The second-order valence-electron chi connectivity index (χ2n) is 10.9. The number of aromatic hydroxyl groups is 2. The van der Waals surface area contributed by atoms with Crippen LogP contribution in [0.4, 0.5) is 0 Å². The second-order valence-corrected chi connectivity index (χ2v) is 10.9.